The molecule has 0 spiro atoms. The first-order valence-corrected chi connectivity index (χ1v) is 13.6. The van der Waals surface area contributed by atoms with Gasteiger partial charge in [-0.25, -0.2) is 4.98 Å². The van der Waals surface area contributed by atoms with E-state index in [0.717, 1.165) is 43.1 Å². The third-order valence-corrected chi connectivity index (χ3v) is 7.07. The van der Waals surface area contributed by atoms with Crippen LogP contribution < -0.4 is 26.6 Å². The highest BCUT2D eigenvalue weighted by molar-refractivity contribution is 6.30. The molecule has 1 aliphatic rings. The second-order valence-electron chi connectivity index (χ2n) is 9.79. The van der Waals surface area contributed by atoms with Gasteiger partial charge in [-0.3, -0.25) is 9.59 Å². The van der Waals surface area contributed by atoms with E-state index >= 15 is 0 Å². The standard InChI is InChI=1S/C30H31ClN8O2/c1-38-14-16-39(17-15-38)25-12-10-23(11-13-25)35-28-26(27(32)40)19-34-30(37-28)36-24-8-4-21(5-9-24)29(41)33-18-20-2-6-22(31)7-3-20/h2-13,19H,14-18H2,1H3,(H2,32,40)(H,33,41)(H2,34,35,36,37). The number of nitrogens with zero attached hydrogens (tertiary/aromatic N) is 4. The molecular formula is C30H31ClN8O2. The summed E-state index contributed by atoms with van der Waals surface area (Å²) in [6, 6.07) is 22.2. The average Bonchev–Trinajstić information content (AvgIpc) is 2.98. The van der Waals surface area contributed by atoms with Crippen molar-refractivity contribution in [2.24, 2.45) is 5.73 Å². The van der Waals surface area contributed by atoms with Crippen LogP contribution in [0.1, 0.15) is 26.3 Å². The fraction of sp³-hybridized carbons (Fsp3) is 0.200. The largest absolute Gasteiger partial charge is 0.369 e. The Bertz CT molecular complexity index is 1500. The van der Waals surface area contributed by atoms with Crippen molar-refractivity contribution in [1.82, 2.24) is 20.2 Å². The maximum Gasteiger partial charge on any atom is 0.254 e. The number of hydrogen-bond acceptors (Lipinski definition) is 8. The minimum atomic E-state index is -0.637. The lowest BCUT2D eigenvalue weighted by atomic mass is 10.1. The molecule has 1 saturated heterocycles. The maximum atomic E-state index is 12.6. The summed E-state index contributed by atoms with van der Waals surface area (Å²) >= 11 is 5.91. The van der Waals surface area contributed by atoms with Crippen LogP contribution in [0.2, 0.25) is 5.02 Å². The third-order valence-electron chi connectivity index (χ3n) is 6.82. The van der Waals surface area contributed by atoms with Crippen LogP contribution >= 0.6 is 11.6 Å². The number of benzene rings is 3. The fourth-order valence-corrected chi connectivity index (χ4v) is 4.52. The molecule has 10 nitrogen and oxygen atoms in total. The summed E-state index contributed by atoms with van der Waals surface area (Å²) in [7, 11) is 2.13. The van der Waals surface area contributed by atoms with Crippen molar-refractivity contribution in [3.8, 4) is 0 Å². The van der Waals surface area contributed by atoms with E-state index in [-0.39, 0.29) is 17.4 Å². The molecule has 0 atom stereocenters. The molecule has 4 aromatic rings. The topological polar surface area (TPSA) is 129 Å². The van der Waals surface area contributed by atoms with Gasteiger partial charge in [0.1, 0.15) is 11.4 Å². The van der Waals surface area contributed by atoms with Gasteiger partial charge in [-0.15, -0.1) is 0 Å². The molecule has 11 heteroatoms. The van der Waals surface area contributed by atoms with Crippen molar-refractivity contribution in [1.29, 1.82) is 0 Å². The Balaban J connectivity index is 1.23. The van der Waals surface area contributed by atoms with Crippen LogP contribution in [0.4, 0.5) is 28.8 Å². The predicted octanol–water partition coefficient (Wildman–Crippen LogP) is 4.40. The molecule has 1 fully saturated rings. The van der Waals surface area contributed by atoms with Crippen molar-refractivity contribution in [3.05, 3.63) is 101 Å². The van der Waals surface area contributed by atoms with Crippen molar-refractivity contribution >= 4 is 52.2 Å². The van der Waals surface area contributed by atoms with Crippen LogP contribution in [0.3, 0.4) is 0 Å². The lowest BCUT2D eigenvalue weighted by Crippen LogP contribution is -2.44. The van der Waals surface area contributed by atoms with Crippen molar-refractivity contribution in [2.75, 3.05) is 48.8 Å². The predicted molar refractivity (Wildman–Crippen MR) is 162 cm³/mol. The third kappa shape index (κ3) is 7.30. The zero-order chi connectivity index (χ0) is 28.8. The van der Waals surface area contributed by atoms with Crippen molar-refractivity contribution < 1.29 is 9.59 Å². The van der Waals surface area contributed by atoms with E-state index < -0.39 is 5.91 Å². The van der Waals surface area contributed by atoms with Gasteiger partial charge in [-0.2, -0.15) is 4.98 Å². The number of nitrogens with two attached hydrogens (primary N) is 1. The number of hydrogen-bond donors (Lipinski definition) is 4. The Kier molecular flexibility index (Phi) is 8.61. The molecule has 1 aliphatic heterocycles. The first-order valence-electron chi connectivity index (χ1n) is 13.2. The maximum absolute atomic E-state index is 12.6. The van der Waals surface area contributed by atoms with E-state index in [2.05, 4.69) is 42.8 Å². The van der Waals surface area contributed by atoms with E-state index in [0.29, 0.717) is 28.6 Å². The van der Waals surface area contributed by atoms with E-state index in [1.54, 1.807) is 36.4 Å². The molecule has 0 bridgehead atoms. The molecule has 0 aliphatic carbocycles. The fourth-order valence-electron chi connectivity index (χ4n) is 4.40. The Morgan fingerprint density at radius 3 is 2.17 bits per heavy atom. The summed E-state index contributed by atoms with van der Waals surface area (Å²) in [5.41, 5.74) is 9.81. The lowest BCUT2D eigenvalue weighted by Gasteiger charge is -2.34. The molecule has 5 N–H and O–H groups in total. The minimum Gasteiger partial charge on any atom is -0.369 e. The number of halogens is 1. The molecule has 0 radical (unpaired) electrons. The normalized spacial score (nSPS) is 13.5. The van der Waals surface area contributed by atoms with Crippen LogP contribution in [0.5, 0.6) is 0 Å². The van der Waals surface area contributed by atoms with Gasteiger partial charge in [-0.1, -0.05) is 23.7 Å². The van der Waals surface area contributed by atoms with Gasteiger partial charge in [0.2, 0.25) is 5.95 Å². The zero-order valence-electron chi connectivity index (χ0n) is 22.6. The van der Waals surface area contributed by atoms with E-state index in [1.807, 2.05) is 36.4 Å². The number of carbonyl (C=O) groups is 2. The molecule has 0 saturated carbocycles. The molecule has 0 unspecified atom stereocenters. The van der Waals surface area contributed by atoms with Crippen LogP contribution in [-0.2, 0) is 6.54 Å². The molecule has 2 heterocycles. The summed E-state index contributed by atoms with van der Waals surface area (Å²) in [6.45, 7) is 4.40. The summed E-state index contributed by atoms with van der Waals surface area (Å²) in [5, 5.41) is 9.84. The Hall–Kier alpha value is -4.67. The zero-order valence-corrected chi connectivity index (χ0v) is 23.4. The van der Waals surface area contributed by atoms with Crippen molar-refractivity contribution in [3.63, 3.8) is 0 Å². The number of primary amides is 1. The molecule has 210 valence electrons. The highest BCUT2D eigenvalue weighted by atomic mass is 35.5. The van der Waals surface area contributed by atoms with Gasteiger partial charge in [0.15, 0.2) is 0 Å². The molecule has 3 aromatic carbocycles. The smallest absolute Gasteiger partial charge is 0.254 e. The average molecular weight is 571 g/mol. The number of rotatable bonds is 9. The monoisotopic (exact) mass is 570 g/mol. The van der Waals surface area contributed by atoms with E-state index in [1.165, 1.54) is 6.20 Å². The molecule has 41 heavy (non-hydrogen) atoms. The second kappa shape index (κ2) is 12.7. The number of amides is 2. The Morgan fingerprint density at radius 2 is 1.51 bits per heavy atom. The highest BCUT2D eigenvalue weighted by Crippen LogP contribution is 2.24. The van der Waals surface area contributed by atoms with E-state index in [9.17, 15) is 9.59 Å². The molecule has 2 amide bonds. The quantitative estimate of drug-likeness (QED) is 0.233. The summed E-state index contributed by atoms with van der Waals surface area (Å²) in [4.78, 5) is 38.0. The molecular weight excluding hydrogens is 540 g/mol. The molecule has 5 rings (SSSR count). The van der Waals surface area contributed by atoms with Crippen LogP contribution in [-0.4, -0.2) is 59.9 Å². The van der Waals surface area contributed by atoms with Gasteiger partial charge >= 0.3 is 0 Å². The summed E-state index contributed by atoms with van der Waals surface area (Å²) < 4.78 is 0. The Morgan fingerprint density at radius 1 is 0.878 bits per heavy atom. The van der Waals surface area contributed by atoms with Gasteiger partial charge in [0, 0.05) is 66.6 Å². The second-order valence-corrected chi connectivity index (χ2v) is 10.2. The van der Waals surface area contributed by atoms with E-state index in [4.69, 9.17) is 17.3 Å². The van der Waals surface area contributed by atoms with Gasteiger partial charge in [0.05, 0.1) is 0 Å². The van der Waals surface area contributed by atoms with Gasteiger partial charge in [-0.05, 0) is 73.3 Å². The first kappa shape index (κ1) is 27.9. The summed E-state index contributed by atoms with van der Waals surface area (Å²) in [6.07, 6.45) is 1.39. The summed E-state index contributed by atoms with van der Waals surface area (Å²) in [5.74, 6) is -0.271. The Labute approximate surface area is 243 Å². The van der Waals surface area contributed by atoms with Crippen LogP contribution in [0.25, 0.3) is 0 Å². The highest BCUT2D eigenvalue weighted by Gasteiger charge is 2.16. The first-order chi connectivity index (χ1) is 19.8. The number of aromatic nitrogens is 2. The minimum absolute atomic E-state index is 0.173. The van der Waals surface area contributed by atoms with Crippen molar-refractivity contribution in [2.45, 2.75) is 6.54 Å². The van der Waals surface area contributed by atoms with Crippen LogP contribution in [0.15, 0.2) is 79.0 Å². The van der Waals surface area contributed by atoms with Gasteiger partial charge in [0.25, 0.3) is 11.8 Å². The van der Waals surface area contributed by atoms with Gasteiger partial charge < -0.3 is 31.5 Å². The van der Waals surface area contributed by atoms with Crippen LogP contribution in [0, 0.1) is 0 Å². The number of likely N-dealkylation sites (N-methyl/N-ethyl adjacent to an activating group) is 1. The number of nitrogens with one attached hydrogen (secondary N) is 3. The SMILES string of the molecule is CN1CCN(c2ccc(Nc3nc(Nc4ccc(C(=O)NCc5ccc(Cl)cc5)cc4)ncc3C(N)=O)cc2)CC1. The number of piperazine rings is 1. The lowest BCUT2D eigenvalue weighted by molar-refractivity contribution is 0.0949. The number of anilines is 5. The number of carbonyl (C=O) groups excluding carboxylic acids is 2. The molecule has 1 aromatic heterocycles.